The second-order valence-electron chi connectivity index (χ2n) is 12.3. The molecule has 0 saturated carbocycles. The molecule has 3 aliphatic heterocycles. The molecule has 2 aromatic heterocycles. The number of rotatable bonds is 1. The number of hydrogen-bond donors (Lipinski definition) is 4. The number of halogens is 12. The summed E-state index contributed by atoms with van der Waals surface area (Å²) in [5.74, 6) is -36.7. The van der Waals surface area contributed by atoms with E-state index in [9.17, 15) is 22.4 Å². The maximum absolute atomic E-state index is 16.8. The van der Waals surface area contributed by atoms with E-state index in [2.05, 4.69) is 40.2 Å². The van der Waals surface area contributed by atoms with Gasteiger partial charge in [0.2, 0.25) is 11.7 Å². The number of amidine groups is 4. The fourth-order valence-electron chi connectivity index (χ4n) is 6.68. The Bertz CT molecular complexity index is 3060. The number of alkyl halides is 1. The third-order valence-electron chi connectivity index (χ3n) is 9.02. The number of aliphatic imine (C=N–C) groups is 4. The van der Waals surface area contributed by atoms with Crippen molar-refractivity contribution in [3.63, 3.8) is 0 Å². The van der Waals surface area contributed by atoms with Crippen LogP contribution in [0.15, 0.2) is 60.9 Å². The van der Waals surface area contributed by atoms with Crippen LogP contribution in [0.4, 0.5) is 70.1 Å². The fourth-order valence-corrected chi connectivity index (χ4v) is 6.68. The zero-order valence-electron chi connectivity index (χ0n) is 27.7. The number of hydrogen-bond acceptors (Lipinski definition) is 7. The maximum atomic E-state index is 16.8. The Hall–Kier alpha value is -6.38. The van der Waals surface area contributed by atoms with Crippen LogP contribution in [0.5, 0.6) is 0 Å². The Labute approximate surface area is 319 Å². The molecule has 5 heterocycles. The number of aromatic nitrogens is 2. The molecule has 0 saturated heterocycles. The standard InChI is InChI=1S/C34H11F12N9O.Zn/c1-6(56)55-34(46)14-13(19(39)24(44)25(34)45)32-49-27-8-5-3-2-4-7(8)26(47-27)48-28-9-10(16(36)21(41)20(40)15(9)35)29(50-28)51-30-11-12(31(52-30)53-33(14)54-32)18(38)23(43)22(42)17(11)37;/h2-5,50H,1H3,(H,55,56)(H,51,52,53)(H,47,48,49,54);. The predicted octanol–water partition coefficient (Wildman–Crippen LogP) is 6.53. The number of nitrogens with one attached hydrogen (secondary N) is 4. The molecule has 1 unspecified atom stereocenters. The van der Waals surface area contributed by atoms with Crippen LogP contribution in [0.2, 0.25) is 0 Å². The first-order valence-corrected chi connectivity index (χ1v) is 15.5. The van der Waals surface area contributed by atoms with E-state index in [0.717, 1.165) is 0 Å². The number of anilines is 1. The predicted molar refractivity (Wildman–Crippen MR) is 172 cm³/mol. The van der Waals surface area contributed by atoms with Gasteiger partial charge in [0.1, 0.15) is 28.8 Å². The minimum Gasteiger partial charge on any atom is -0.325 e. The Morgan fingerprint density at radius 3 is 1.74 bits per heavy atom. The van der Waals surface area contributed by atoms with Crippen molar-refractivity contribution in [1.82, 2.24) is 15.3 Å². The van der Waals surface area contributed by atoms with Gasteiger partial charge in [-0.1, -0.05) is 24.3 Å². The Balaban J connectivity index is 0.00000455. The summed E-state index contributed by atoms with van der Waals surface area (Å²) in [7, 11) is 0. The van der Waals surface area contributed by atoms with E-state index in [1.165, 1.54) is 29.6 Å². The van der Waals surface area contributed by atoms with Crippen molar-refractivity contribution in [1.29, 1.82) is 0 Å². The van der Waals surface area contributed by atoms with Crippen molar-refractivity contribution >= 4 is 63.3 Å². The molecule has 23 heteroatoms. The first kappa shape index (κ1) is 37.5. The second-order valence-corrected chi connectivity index (χ2v) is 12.3. The second kappa shape index (κ2) is 12.6. The van der Waals surface area contributed by atoms with Gasteiger partial charge >= 0.3 is 0 Å². The normalized spacial score (nSPS) is 17.8. The molecule has 0 radical (unpaired) electrons. The number of nitrogens with zero attached hydrogens (tertiary/aromatic N) is 5. The monoisotopic (exact) mass is 853 g/mol. The molecule has 284 valence electrons. The molecule has 1 atom stereocenters. The van der Waals surface area contributed by atoms with Gasteiger partial charge < -0.3 is 20.6 Å². The van der Waals surface area contributed by atoms with Gasteiger partial charge in [0.15, 0.2) is 75.7 Å². The number of benzene rings is 3. The number of carbonyl (C=O) groups excluding carboxylic acids is 1. The molecule has 0 spiro atoms. The average Bonchev–Trinajstić information content (AvgIpc) is 3.91. The van der Waals surface area contributed by atoms with Crippen LogP contribution in [0.3, 0.4) is 0 Å². The van der Waals surface area contributed by atoms with Crippen LogP contribution in [0.25, 0.3) is 16.6 Å². The van der Waals surface area contributed by atoms with Crippen LogP contribution >= 0.6 is 0 Å². The number of allylic oxidation sites excluding steroid dienone is 1. The average molecular weight is 855 g/mol. The summed E-state index contributed by atoms with van der Waals surface area (Å²) < 4.78 is 184. The number of carbonyl (C=O) groups is 1. The molecule has 4 N–H and O–H groups in total. The third-order valence-corrected chi connectivity index (χ3v) is 9.02. The number of amides is 1. The summed E-state index contributed by atoms with van der Waals surface area (Å²) in [5, 5.41) is 0.155. The van der Waals surface area contributed by atoms with E-state index in [1.54, 1.807) is 0 Å². The zero-order chi connectivity index (χ0) is 39.9. The van der Waals surface area contributed by atoms with E-state index in [-0.39, 0.29) is 30.6 Å². The molecular weight excluding hydrogens is 844 g/mol. The van der Waals surface area contributed by atoms with Crippen molar-refractivity contribution in [2.45, 2.75) is 12.7 Å². The van der Waals surface area contributed by atoms with Gasteiger partial charge in [-0.25, -0.2) is 77.6 Å². The maximum Gasteiger partial charge on any atom is 0.267 e. The summed E-state index contributed by atoms with van der Waals surface area (Å²) in [6, 6.07) is 5.60. The van der Waals surface area contributed by atoms with Gasteiger partial charge in [-0.05, 0) is 0 Å². The van der Waals surface area contributed by atoms with Gasteiger partial charge in [-0.15, -0.1) is 0 Å². The van der Waals surface area contributed by atoms with E-state index in [1.807, 2.05) is 0 Å². The smallest absolute Gasteiger partial charge is 0.267 e. The molecule has 3 aromatic carbocycles. The summed E-state index contributed by atoms with van der Waals surface area (Å²) in [6.45, 7) is 0.679. The van der Waals surface area contributed by atoms with Crippen LogP contribution in [-0.2, 0) is 30.1 Å². The number of aromatic amines is 2. The summed E-state index contributed by atoms with van der Waals surface area (Å²) in [5.41, 5.74) is -4.82. The van der Waals surface area contributed by atoms with Crippen LogP contribution in [0, 0.1) is 46.5 Å². The summed E-state index contributed by atoms with van der Waals surface area (Å²) >= 11 is 0. The van der Waals surface area contributed by atoms with Gasteiger partial charge in [0.05, 0.1) is 32.7 Å². The molecule has 5 aromatic rings. The third kappa shape index (κ3) is 5.03. The Morgan fingerprint density at radius 1 is 0.632 bits per heavy atom. The topological polar surface area (TPSA) is 135 Å². The number of fused-ring (bicyclic) bond motifs is 18. The molecule has 0 fully saturated rings. The molecule has 10 nitrogen and oxygen atoms in total. The zero-order valence-corrected chi connectivity index (χ0v) is 30.7. The number of H-pyrrole nitrogens is 2. The molecule has 4 aliphatic rings. The van der Waals surface area contributed by atoms with E-state index < -0.39 is 155 Å². The van der Waals surface area contributed by atoms with Gasteiger partial charge in [-0.2, -0.15) is 0 Å². The van der Waals surface area contributed by atoms with Gasteiger partial charge in [-0.3, -0.25) is 4.79 Å². The Kier molecular flexibility index (Phi) is 8.28. The largest absolute Gasteiger partial charge is 0.325 e. The summed E-state index contributed by atoms with van der Waals surface area (Å²) in [4.78, 5) is 36.8. The van der Waals surface area contributed by atoms with Crippen LogP contribution in [-0.4, -0.2) is 39.2 Å². The van der Waals surface area contributed by atoms with Crippen molar-refractivity contribution in [2.24, 2.45) is 25.0 Å². The summed E-state index contributed by atoms with van der Waals surface area (Å²) in [6.07, 6.45) is 0. The minimum atomic E-state index is -4.09. The quantitative estimate of drug-likeness (QED) is 0.0502. The van der Waals surface area contributed by atoms with Crippen molar-refractivity contribution in [2.75, 3.05) is 5.32 Å². The molecule has 1 amide bonds. The van der Waals surface area contributed by atoms with Crippen LogP contribution in [0.1, 0.15) is 34.7 Å². The molecule has 9 rings (SSSR count). The molecule has 57 heavy (non-hydrogen) atoms. The molecule has 1 aliphatic carbocycles. The molecule has 8 bridgehead atoms. The van der Waals surface area contributed by atoms with E-state index in [0.29, 0.717) is 6.92 Å². The SMILES string of the molecule is CC(=O)NC1(F)C(F)=C(F)C(F)=c2c1c1[nH]c2=NC2=NC(=Nc3[nH]c(c4c(F)c(F)c(F)c(F)c34)N=C3N=C(N1)c1c(F)c(F)c(F)c(F)c13)c1ccccc12.[Zn]. The first-order valence-electron chi connectivity index (χ1n) is 15.5. The van der Waals surface area contributed by atoms with Gasteiger partial charge in [0.25, 0.3) is 5.79 Å². The first-order chi connectivity index (χ1) is 26.5. The minimum absolute atomic E-state index is 0. The Morgan fingerprint density at radius 2 is 1.16 bits per heavy atom. The van der Waals surface area contributed by atoms with Crippen LogP contribution < -0.4 is 21.3 Å². The van der Waals surface area contributed by atoms with E-state index in [4.69, 9.17) is 0 Å². The van der Waals surface area contributed by atoms with E-state index >= 15 is 35.1 Å². The van der Waals surface area contributed by atoms with Gasteiger partial charge in [0, 0.05) is 37.5 Å². The van der Waals surface area contributed by atoms with Crippen molar-refractivity contribution < 1.29 is 77.0 Å². The van der Waals surface area contributed by atoms with Crippen molar-refractivity contribution in [3.05, 3.63) is 121 Å². The van der Waals surface area contributed by atoms with Crippen molar-refractivity contribution in [3.8, 4) is 0 Å². The molecular formula is C34H11F12N9OZn. The fraction of sp³-hybridized carbons (Fsp3) is 0.0588.